The van der Waals surface area contributed by atoms with Crippen LogP contribution in [0.1, 0.15) is 14.3 Å². The summed E-state index contributed by atoms with van der Waals surface area (Å²) in [5.74, 6) is 0. The SMILES string of the molecule is NCCCC(N)OP(=O)(O)O.[H-].[Na+]. The molecule has 6 nitrogen and oxygen atoms in total. The first-order valence-electron chi connectivity index (χ1n) is 3.15. The van der Waals surface area contributed by atoms with E-state index < -0.39 is 14.1 Å². The van der Waals surface area contributed by atoms with Crippen molar-refractivity contribution in [3.8, 4) is 0 Å². The average Bonchev–Trinajstić information content (AvgIpc) is 1.79. The van der Waals surface area contributed by atoms with E-state index in [0.717, 1.165) is 0 Å². The van der Waals surface area contributed by atoms with Crippen LogP contribution in [-0.4, -0.2) is 22.6 Å². The maximum Gasteiger partial charge on any atom is 1.00 e. The maximum absolute atomic E-state index is 10.2. The maximum atomic E-state index is 10.2. The Kier molecular flexibility index (Phi) is 9.60. The number of hydrogen-bond acceptors (Lipinski definition) is 4. The van der Waals surface area contributed by atoms with Crippen LogP contribution in [0.5, 0.6) is 0 Å². The zero-order valence-corrected chi connectivity index (χ0v) is 9.91. The standard InChI is InChI=1S/C4H13N2O4P.Na.H/c5-3-1-2-4(6)10-11(7,8)9;;/h4H,1-3,5-6H2,(H2,7,8,9);;/q;+1;-1. The molecule has 0 rings (SSSR count). The minimum Gasteiger partial charge on any atom is -1.00 e. The summed E-state index contributed by atoms with van der Waals surface area (Å²) in [6.07, 6.45) is 0.00218. The fraction of sp³-hybridized carbons (Fsp3) is 1.00. The largest absolute Gasteiger partial charge is 1.00 e. The first-order valence-corrected chi connectivity index (χ1v) is 4.68. The minimum atomic E-state index is -4.43. The fourth-order valence-electron chi connectivity index (χ4n) is 0.548. The van der Waals surface area contributed by atoms with E-state index in [-0.39, 0.29) is 31.0 Å². The third kappa shape index (κ3) is 11.0. The molecule has 0 amide bonds. The monoisotopic (exact) mass is 208 g/mol. The van der Waals surface area contributed by atoms with Gasteiger partial charge in [-0.2, -0.15) is 0 Å². The van der Waals surface area contributed by atoms with Gasteiger partial charge in [-0.15, -0.1) is 0 Å². The molecule has 0 aliphatic rings. The zero-order valence-electron chi connectivity index (χ0n) is 8.01. The van der Waals surface area contributed by atoms with Crippen molar-refractivity contribution < 1.29 is 49.9 Å². The van der Waals surface area contributed by atoms with Gasteiger partial charge in [-0.05, 0) is 19.4 Å². The molecule has 6 N–H and O–H groups in total. The van der Waals surface area contributed by atoms with Crippen LogP contribution in [0.15, 0.2) is 0 Å². The van der Waals surface area contributed by atoms with Crippen LogP contribution in [0.2, 0.25) is 0 Å². The number of nitrogens with two attached hydrogens (primary N) is 2. The van der Waals surface area contributed by atoms with Crippen molar-refractivity contribution >= 4 is 7.82 Å². The van der Waals surface area contributed by atoms with Gasteiger partial charge in [-0.25, -0.2) is 4.57 Å². The molecule has 0 radical (unpaired) electrons. The van der Waals surface area contributed by atoms with Crippen molar-refractivity contribution in [3.05, 3.63) is 0 Å². The zero-order chi connectivity index (χ0) is 8.91. The summed E-state index contributed by atoms with van der Waals surface area (Å²) >= 11 is 0. The van der Waals surface area contributed by atoms with Crippen LogP contribution in [0.4, 0.5) is 0 Å². The molecule has 0 aliphatic carbocycles. The first-order chi connectivity index (χ1) is 4.95. The third-order valence-electron chi connectivity index (χ3n) is 0.965. The molecule has 0 saturated heterocycles. The molecule has 0 bridgehead atoms. The molecule has 0 aromatic rings. The minimum absolute atomic E-state index is 0. The van der Waals surface area contributed by atoms with Crippen LogP contribution in [0.25, 0.3) is 0 Å². The van der Waals surface area contributed by atoms with Crippen LogP contribution in [-0.2, 0) is 9.09 Å². The van der Waals surface area contributed by atoms with Gasteiger partial charge in [-0.3, -0.25) is 4.52 Å². The van der Waals surface area contributed by atoms with Gasteiger partial charge < -0.3 is 22.7 Å². The molecule has 70 valence electrons. The Labute approximate surface area is 94.7 Å². The van der Waals surface area contributed by atoms with Gasteiger partial charge in [-0.1, -0.05) is 0 Å². The van der Waals surface area contributed by atoms with Crippen LogP contribution in [0, 0.1) is 0 Å². The van der Waals surface area contributed by atoms with Crippen molar-refractivity contribution in [2.24, 2.45) is 11.5 Å². The number of phosphoric ester groups is 1. The van der Waals surface area contributed by atoms with Crippen LogP contribution in [0.3, 0.4) is 0 Å². The second kappa shape index (κ2) is 7.44. The summed E-state index contributed by atoms with van der Waals surface area (Å²) in [5, 5.41) is 0. The Bertz CT molecular complexity index is 157. The molecular weight excluding hydrogens is 194 g/mol. The molecule has 12 heavy (non-hydrogen) atoms. The molecule has 0 aliphatic heterocycles. The molecule has 0 saturated carbocycles. The van der Waals surface area contributed by atoms with Gasteiger partial charge in [0.25, 0.3) is 0 Å². The predicted molar refractivity (Wildman–Crippen MR) is 40.5 cm³/mol. The first kappa shape index (κ1) is 15.5. The number of rotatable bonds is 5. The fourth-order valence-corrected chi connectivity index (χ4v) is 1.01. The second-order valence-corrected chi connectivity index (χ2v) is 3.26. The van der Waals surface area contributed by atoms with Gasteiger partial charge in [0.15, 0.2) is 0 Å². The van der Waals surface area contributed by atoms with Crippen molar-refractivity contribution in [2.75, 3.05) is 6.54 Å². The number of hydrogen-bond donors (Lipinski definition) is 4. The summed E-state index contributed by atoms with van der Waals surface area (Å²) in [6, 6.07) is 0. The quantitative estimate of drug-likeness (QED) is 0.209. The molecule has 8 heteroatoms. The third-order valence-corrected chi connectivity index (χ3v) is 1.51. The molecule has 0 aromatic heterocycles. The van der Waals surface area contributed by atoms with E-state index in [4.69, 9.17) is 21.3 Å². The van der Waals surface area contributed by atoms with Gasteiger partial charge in [0.1, 0.15) is 6.23 Å². The van der Waals surface area contributed by atoms with Gasteiger partial charge in [0.05, 0.1) is 0 Å². The van der Waals surface area contributed by atoms with E-state index in [0.29, 0.717) is 19.4 Å². The van der Waals surface area contributed by atoms with Crippen LogP contribution >= 0.6 is 7.82 Å². The predicted octanol–water partition coefficient (Wildman–Crippen LogP) is -3.76. The Balaban J connectivity index is -0.000000500. The second-order valence-electron chi connectivity index (χ2n) is 2.07. The van der Waals surface area contributed by atoms with E-state index >= 15 is 0 Å². The van der Waals surface area contributed by atoms with E-state index in [2.05, 4.69) is 4.52 Å². The number of phosphoric acid groups is 1. The summed E-state index contributed by atoms with van der Waals surface area (Å²) in [4.78, 5) is 16.5. The molecule has 0 heterocycles. The normalized spacial score (nSPS) is 13.7. The van der Waals surface area contributed by atoms with Crippen molar-refractivity contribution in [3.63, 3.8) is 0 Å². The molecule has 0 spiro atoms. The van der Waals surface area contributed by atoms with Crippen molar-refractivity contribution in [2.45, 2.75) is 19.1 Å². The van der Waals surface area contributed by atoms with Gasteiger partial charge in [0.2, 0.25) is 0 Å². The Morgan fingerprint density at radius 1 is 1.58 bits per heavy atom. The summed E-state index contributed by atoms with van der Waals surface area (Å²) in [6.45, 7) is 0.429. The van der Waals surface area contributed by atoms with Crippen molar-refractivity contribution in [1.82, 2.24) is 0 Å². The summed E-state index contributed by atoms with van der Waals surface area (Å²) in [5.41, 5.74) is 10.3. The van der Waals surface area contributed by atoms with E-state index in [1.54, 1.807) is 0 Å². The Hall–Kier alpha value is 1.03. The summed E-state index contributed by atoms with van der Waals surface area (Å²) in [7, 11) is -4.43. The van der Waals surface area contributed by atoms with Gasteiger partial charge in [0, 0.05) is 0 Å². The van der Waals surface area contributed by atoms with E-state index in [9.17, 15) is 4.57 Å². The molecule has 1 atom stereocenters. The van der Waals surface area contributed by atoms with Gasteiger partial charge >= 0.3 is 37.4 Å². The Morgan fingerprint density at radius 2 is 2.08 bits per heavy atom. The van der Waals surface area contributed by atoms with Crippen molar-refractivity contribution in [1.29, 1.82) is 0 Å². The molecular formula is C4H14N2NaO4P. The van der Waals surface area contributed by atoms with Crippen LogP contribution < -0.4 is 41.0 Å². The molecule has 1 unspecified atom stereocenters. The van der Waals surface area contributed by atoms with E-state index in [1.165, 1.54) is 0 Å². The molecule has 0 fully saturated rings. The van der Waals surface area contributed by atoms with E-state index in [1.807, 2.05) is 0 Å². The topological polar surface area (TPSA) is 119 Å². The smallest absolute Gasteiger partial charge is 1.00 e. The molecule has 0 aromatic carbocycles. The Morgan fingerprint density at radius 3 is 2.42 bits per heavy atom. The average molecular weight is 208 g/mol. The summed E-state index contributed by atoms with van der Waals surface area (Å²) < 4.78 is 14.3.